The Balaban J connectivity index is 2.02. The molecule has 112 valence electrons. The molecule has 0 spiro atoms. The van der Waals surface area contributed by atoms with Gasteiger partial charge in [0.05, 0.1) is 5.60 Å². The highest BCUT2D eigenvalue weighted by Crippen LogP contribution is 2.27. The summed E-state index contributed by atoms with van der Waals surface area (Å²) in [5.41, 5.74) is 1.42. The van der Waals surface area contributed by atoms with Crippen molar-refractivity contribution in [3.05, 3.63) is 17.5 Å². The Morgan fingerprint density at radius 3 is 2.45 bits per heavy atom. The van der Waals surface area contributed by atoms with E-state index in [-0.39, 0.29) is 0 Å². The molecular weight excluding hydrogens is 250 g/mol. The van der Waals surface area contributed by atoms with Crippen LogP contribution in [-0.4, -0.2) is 27.2 Å². The number of nitrogens with one attached hydrogen (secondary N) is 1. The second kappa shape index (κ2) is 6.53. The lowest BCUT2D eigenvalue weighted by Gasteiger charge is -2.27. The lowest BCUT2D eigenvalue weighted by Crippen LogP contribution is -2.36. The molecule has 1 aromatic heterocycles. The van der Waals surface area contributed by atoms with Crippen molar-refractivity contribution in [1.29, 1.82) is 0 Å². The summed E-state index contributed by atoms with van der Waals surface area (Å²) in [6.07, 6.45) is 6.46. The molecule has 2 rings (SSSR count). The minimum atomic E-state index is -0.596. The van der Waals surface area contributed by atoms with Crippen LogP contribution in [0.4, 0.5) is 5.95 Å². The quantitative estimate of drug-likeness (QED) is 0.828. The van der Waals surface area contributed by atoms with E-state index in [4.69, 9.17) is 0 Å². The van der Waals surface area contributed by atoms with Gasteiger partial charge in [-0.05, 0) is 31.7 Å². The molecule has 4 nitrogen and oxygen atoms in total. The summed E-state index contributed by atoms with van der Waals surface area (Å²) in [6.45, 7) is 6.79. The monoisotopic (exact) mass is 277 g/mol. The summed E-state index contributed by atoms with van der Waals surface area (Å²) in [7, 11) is 0. The van der Waals surface area contributed by atoms with E-state index in [2.05, 4.69) is 29.1 Å². The molecule has 0 aliphatic heterocycles. The van der Waals surface area contributed by atoms with E-state index in [0.29, 0.717) is 18.4 Å². The zero-order valence-corrected chi connectivity index (χ0v) is 12.9. The first-order valence-corrected chi connectivity index (χ1v) is 7.80. The van der Waals surface area contributed by atoms with Gasteiger partial charge in [0.25, 0.3) is 0 Å². The molecular formula is C16H27N3O. The minimum Gasteiger partial charge on any atom is -0.388 e. The Kier molecular flexibility index (Phi) is 4.97. The van der Waals surface area contributed by atoms with Crippen LogP contribution in [0, 0.1) is 6.92 Å². The van der Waals surface area contributed by atoms with Crippen molar-refractivity contribution in [3.8, 4) is 0 Å². The number of hydrogen-bond donors (Lipinski definition) is 2. The summed E-state index contributed by atoms with van der Waals surface area (Å²) in [4.78, 5) is 8.96. The van der Waals surface area contributed by atoms with Crippen molar-refractivity contribution in [2.24, 2.45) is 0 Å². The van der Waals surface area contributed by atoms with Crippen LogP contribution in [0.5, 0.6) is 0 Å². The maximum absolute atomic E-state index is 10.6. The van der Waals surface area contributed by atoms with Crippen LogP contribution in [0.2, 0.25) is 0 Å². The van der Waals surface area contributed by atoms with Crippen LogP contribution >= 0.6 is 0 Å². The van der Waals surface area contributed by atoms with E-state index >= 15 is 0 Å². The van der Waals surface area contributed by atoms with Gasteiger partial charge in [0.15, 0.2) is 0 Å². The average molecular weight is 277 g/mol. The smallest absolute Gasteiger partial charge is 0.223 e. The number of aromatic nitrogens is 2. The third kappa shape index (κ3) is 4.17. The molecule has 1 saturated carbocycles. The summed E-state index contributed by atoms with van der Waals surface area (Å²) >= 11 is 0. The Hall–Kier alpha value is -1.16. The summed E-state index contributed by atoms with van der Waals surface area (Å²) in [6, 6.07) is 2.02. The van der Waals surface area contributed by atoms with Crippen molar-refractivity contribution in [2.75, 3.05) is 11.9 Å². The summed E-state index contributed by atoms with van der Waals surface area (Å²) in [5.74, 6) is 1.03. The molecule has 2 N–H and O–H groups in total. The van der Waals surface area contributed by atoms with Gasteiger partial charge in [0.1, 0.15) is 0 Å². The first-order valence-electron chi connectivity index (χ1n) is 7.80. The standard InChI is InChI=1S/C16H27N3O/c1-12(2)14-10-13(3)18-15(19-14)17-11-16(20)8-6-4-5-7-9-16/h10,12,20H,4-9,11H2,1-3H3,(H,17,18,19). The maximum atomic E-state index is 10.6. The maximum Gasteiger partial charge on any atom is 0.223 e. The molecule has 1 aliphatic carbocycles. The Labute approximate surface area is 122 Å². The van der Waals surface area contributed by atoms with E-state index in [1.807, 2.05) is 13.0 Å². The topological polar surface area (TPSA) is 58.0 Å². The van der Waals surface area contributed by atoms with Crippen LogP contribution in [0.3, 0.4) is 0 Å². The van der Waals surface area contributed by atoms with Gasteiger partial charge in [-0.25, -0.2) is 9.97 Å². The highest BCUT2D eigenvalue weighted by atomic mass is 16.3. The molecule has 1 fully saturated rings. The largest absolute Gasteiger partial charge is 0.388 e. The van der Waals surface area contributed by atoms with Crippen LogP contribution in [0.25, 0.3) is 0 Å². The molecule has 1 heterocycles. The molecule has 0 atom stereocenters. The molecule has 20 heavy (non-hydrogen) atoms. The lowest BCUT2D eigenvalue weighted by molar-refractivity contribution is 0.0379. The van der Waals surface area contributed by atoms with Gasteiger partial charge in [-0.15, -0.1) is 0 Å². The normalized spacial score (nSPS) is 18.9. The SMILES string of the molecule is Cc1cc(C(C)C)nc(NCC2(O)CCCCCC2)n1. The van der Waals surface area contributed by atoms with Crippen molar-refractivity contribution in [2.45, 2.75) is 70.8 Å². The fraction of sp³-hybridized carbons (Fsp3) is 0.750. The molecule has 1 aromatic rings. The summed E-state index contributed by atoms with van der Waals surface area (Å²) in [5, 5.41) is 13.9. The highest BCUT2D eigenvalue weighted by molar-refractivity contribution is 5.29. The molecule has 1 aliphatic rings. The predicted octanol–water partition coefficient (Wildman–Crippen LogP) is 3.41. The zero-order chi connectivity index (χ0) is 14.6. The van der Waals surface area contributed by atoms with Crippen molar-refractivity contribution < 1.29 is 5.11 Å². The molecule has 0 saturated heterocycles. The van der Waals surface area contributed by atoms with Gasteiger partial charge in [-0.2, -0.15) is 0 Å². The van der Waals surface area contributed by atoms with Crippen LogP contribution in [0.15, 0.2) is 6.07 Å². The first kappa shape index (κ1) is 15.2. The first-order chi connectivity index (χ1) is 9.48. The van der Waals surface area contributed by atoms with E-state index in [1.165, 1.54) is 12.8 Å². The second-order valence-electron chi connectivity index (χ2n) is 6.40. The predicted molar refractivity (Wildman–Crippen MR) is 82.0 cm³/mol. The van der Waals surface area contributed by atoms with E-state index in [9.17, 15) is 5.11 Å². The number of aryl methyl sites for hydroxylation is 1. The van der Waals surface area contributed by atoms with Crippen molar-refractivity contribution >= 4 is 5.95 Å². The third-order valence-corrected chi connectivity index (χ3v) is 4.08. The second-order valence-corrected chi connectivity index (χ2v) is 6.40. The molecule has 0 amide bonds. The number of nitrogens with zero attached hydrogens (tertiary/aromatic N) is 2. The van der Waals surface area contributed by atoms with Crippen molar-refractivity contribution in [3.63, 3.8) is 0 Å². The number of anilines is 1. The van der Waals surface area contributed by atoms with E-state index < -0.39 is 5.60 Å². The van der Waals surface area contributed by atoms with Crippen LogP contribution in [-0.2, 0) is 0 Å². The highest BCUT2D eigenvalue weighted by Gasteiger charge is 2.27. The van der Waals surface area contributed by atoms with Gasteiger partial charge < -0.3 is 10.4 Å². The van der Waals surface area contributed by atoms with Crippen LogP contribution in [0.1, 0.15) is 69.7 Å². The number of aliphatic hydroxyl groups is 1. The Morgan fingerprint density at radius 1 is 1.20 bits per heavy atom. The number of hydrogen-bond acceptors (Lipinski definition) is 4. The average Bonchev–Trinajstić information content (AvgIpc) is 2.61. The Morgan fingerprint density at radius 2 is 1.85 bits per heavy atom. The summed E-state index contributed by atoms with van der Waals surface area (Å²) < 4.78 is 0. The zero-order valence-electron chi connectivity index (χ0n) is 12.9. The molecule has 0 unspecified atom stereocenters. The van der Waals surface area contributed by atoms with Crippen LogP contribution < -0.4 is 5.32 Å². The minimum absolute atomic E-state index is 0.387. The van der Waals surface area contributed by atoms with Gasteiger partial charge in [0, 0.05) is 17.9 Å². The Bertz CT molecular complexity index is 437. The van der Waals surface area contributed by atoms with Gasteiger partial charge in [-0.1, -0.05) is 39.5 Å². The van der Waals surface area contributed by atoms with Gasteiger partial charge in [0.2, 0.25) is 5.95 Å². The molecule has 0 bridgehead atoms. The number of rotatable bonds is 4. The molecule has 4 heteroatoms. The fourth-order valence-corrected chi connectivity index (χ4v) is 2.77. The van der Waals surface area contributed by atoms with E-state index in [0.717, 1.165) is 37.1 Å². The van der Waals surface area contributed by atoms with E-state index in [1.54, 1.807) is 0 Å². The van der Waals surface area contributed by atoms with Gasteiger partial charge in [-0.3, -0.25) is 0 Å². The van der Waals surface area contributed by atoms with Gasteiger partial charge >= 0.3 is 0 Å². The third-order valence-electron chi connectivity index (χ3n) is 4.08. The molecule has 0 aromatic carbocycles. The molecule has 0 radical (unpaired) electrons. The van der Waals surface area contributed by atoms with Crippen molar-refractivity contribution in [1.82, 2.24) is 9.97 Å². The fourth-order valence-electron chi connectivity index (χ4n) is 2.77. The lowest BCUT2D eigenvalue weighted by atomic mass is 9.94.